The average Bonchev–Trinajstić information content (AvgIpc) is 2.72. The van der Waals surface area contributed by atoms with Crippen molar-refractivity contribution in [2.24, 2.45) is 5.92 Å². The highest BCUT2D eigenvalue weighted by molar-refractivity contribution is 6.30. The molecule has 2 nitrogen and oxygen atoms in total. The van der Waals surface area contributed by atoms with Gasteiger partial charge in [0.25, 0.3) is 0 Å². The Balaban J connectivity index is 2.13. The van der Waals surface area contributed by atoms with Gasteiger partial charge in [0.2, 0.25) is 0 Å². The van der Waals surface area contributed by atoms with Gasteiger partial charge in [-0.25, -0.2) is 0 Å². The van der Waals surface area contributed by atoms with Gasteiger partial charge in [-0.2, -0.15) is 0 Å². The van der Waals surface area contributed by atoms with Gasteiger partial charge in [0, 0.05) is 23.8 Å². The third-order valence-corrected chi connectivity index (χ3v) is 3.33. The molecule has 0 aromatic heterocycles. The molecule has 0 saturated heterocycles. The van der Waals surface area contributed by atoms with Gasteiger partial charge in [-0.05, 0) is 29.7 Å². The summed E-state index contributed by atoms with van der Waals surface area (Å²) in [4.78, 5) is 11.6. The lowest BCUT2D eigenvalue weighted by molar-refractivity contribution is -0.121. The van der Waals surface area contributed by atoms with Gasteiger partial charge in [0.05, 0.1) is 6.61 Å². The first-order valence-corrected chi connectivity index (χ1v) is 6.42. The van der Waals surface area contributed by atoms with E-state index in [1.807, 2.05) is 26.0 Å². The molecule has 0 fully saturated rings. The molecule has 1 aliphatic rings. The van der Waals surface area contributed by atoms with Crippen LogP contribution in [0.25, 0.3) is 0 Å². The zero-order valence-corrected chi connectivity index (χ0v) is 11.0. The van der Waals surface area contributed by atoms with Crippen LogP contribution in [0.1, 0.15) is 31.4 Å². The van der Waals surface area contributed by atoms with Gasteiger partial charge < -0.3 is 4.74 Å². The summed E-state index contributed by atoms with van der Waals surface area (Å²) < 4.78 is 5.61. The zero-order valence-electron chi connectivity index (χ0n) is 10.3. The van der Waals surface area contributed by atoms with E-state index in [4.69, 9.17) is 16.3 Å². The first-order chi connectivity index (χ1) is 8.08. The fourth-order valence-corrected chi connectivity index (χ4v) is 2.34. The molecule has 0 atom stereocenters. The zero-order chi connectivity index (χ0) is 12.4. The molecule has 0 saturated carbocycles. The fraction of sp³-hybridized carbons (Fsp3) is 0.500. The summed E-state index contributed by atoms with van der Waals surface area (Å²) in [6.45, 7) is 4.59. The van der Waals surface area contributed by atoms with Gasteiger partial charge in [0.15, 0.2) is 0 Å². The predicted molar refractivity (Wildman–Crippen MR) is 68.8 cm³/mol. The lowest BCUT2D eigenvalue weighted by Gasteiger charge is -2.09. The van der Waals surface area contributed by atoms with E-state index in [1.54, 1.807) is 0 Å². The highest BCUT2D eigenvalue weighted by Gasteiger charge is 2.18. The molecule has 0 aliphatic carbocycles. The number of aryl methyl sites for hydroxylation is 1. The van der Waals surface area contributed by atoms with Crippen molar-refractivity contribution >= 4 is 17.4 Å². The molecule has 17 heavy (non-hydrogen) atoms. The van der Waals surface area contributed by atoms with Crippen molar-refractivity contribution in [3.63, 3.8) is 0 Å². The summed E-state index contributed by atoms with van der Waals surface area (Å²) >= 11 is 6.07. The van der Waals surface area contributed by atoms with Crippen LogP contribution >= 0.6 is 11.6 Å². The molecule has 0 radical (unpaired) electrons. The minimum Gasteiger partial charge on any atom is -0.493 e. The first kappa shape index (κ1) is 12.4. The molecule has 2 rings (SSSR count). The molecule has 3 heteroatoms. The Labute approximate surface area is 107 Å². The first-order valence-electron chi connectivity index (χ1n) is 6.04. The smallest absolute Gasteiger partial charge is 0.135 e. The highest BCUT2D eigenvalue weighted by atomic mass is 35.5. The molecule has 1 heterocycles. The number of fused-ring (bicyclic) bond motifs is 1. The van der Waals surface area contributed by atoms with E-state index in [0.29, 0.717) is 6.42 Å². The van der Waals surface area contributed by atoms with Crippen molar-refractivity contribution in [2.45, 2.75) is 33.1 Å². The number of carbonyl (C=O) groups is 1. The maximum atomic E-state index is 11.6. The number of carbonyl (C=O) groups excluding carboxylic acids is 1. The lowest BCUT2D eigenvalue weighted by atomic mass is 9.99. The molecule has 92 valence electrons. The Hall–Kier alpha value is -1.02. The number of hydrogen-bond donors (Lipinski definition) is 0. The van der Waals surface area contributed by atoms with Crippen LogP contribution in [0.4, 0.5) is 0 Å². The van der Waals surface area contributed by atoms with Gasteiger partial charge in [-0.1, -0.05) is 25.4 Å². The molecule has 0 spiro atoms. The molecule has 0 amide bonds. The van der Waals surface area contributed by atoms with E-state index in [9.17, 15) is 4.79 Å². The second-order valence-electron chi connectivity index (χ2n) is 4.77. The highest BCUT2D eigenvalue weighted by Crippen LogP contribution is 2.33. The summed E-state index contributed by atoms with van der Waals surface area (Å²) in [5.74, 6) is 1.34. The fourth-order valence-electron chi connectivity index (χ4n) is 2.08. The third-order valence-electron chi connectivity index (χ3n) is 3.11. The molecule has 1 aliphatic heterocycles. The number of ether oxygens (including phenoxy) is 1. The van der Waals surface area contributed by atoms with E-state index < -0.39 is 0 Å². The van der Waals surface area contributed by atoms with Crippen molar-refractivity contribution in [1.82, 2.24) is 0 Å². The van der Waals surface area contributed by atoms with Crippen LogP contribution < -0.4 is 4.74 Å². The Kier molecular flexibility index (Phi) is 3.72. The summed E-state index contributed by atoms with van der Waals surface area (Å²) in [5, 5.41) is 0.737. The van der Waals surface area contributed by atoms with Crippen LogP contribution in [0.15, 0.2) is 12.1 Å². The number of Topliss-reactive ketones (excluding diaryl/α,β-unsaturated/α-hetero) is 1. The number of halogens is 1. The Morgan fingerprint density at radius 2 is 2.24 bits per heavy atom. The van der Waals surface area contributed by atoms with E-state index in [-0.39, 0.29) is 11.7 Å². The maximum Gasteiger partial charge on any atom is 0.135 e. The summed E-state index contributed by atoms with van der Waals surface area (Å²) in [6.07, 6.45) is 2.20. The van der Waals surface area contributed by atoms with Crippen LogP contribution in [0.3, 0.4) is 0 Å². The van der Waals surface area contributed by atoms with E-state index in [2.05, 4.69) is 0 Å². The topological polar surface area (TPSA) is 26.3 Å². The van der Waals surface area contributed by atoms with Gasteiger partial charge in [0.1, 0.15) is 11.5 Å². The summed E-state index contributed by atoms with van der Waals surface area (Å²) in [7, 11) is 0. The van der Waals surface area contributed by atoms with Gasteiger partial charge >= 0.3 is 0 Å². The van der Waals surface area contributed by atoms with Crippen LogP contribution in [-0.4, -0.2) is 12.4 Å². The maximum absolute atomic E-state index is 11.6. The second kappa shape index (κ2) is 5.09. The third kappa shape index (κ3) is 2.81. The molecule has 0 bridgehead atoms. The molecule has 1 aromatic rings. The Morgan fingerprint density at radius 1 is 1.47 bits per heavy atom. The average molecular weight is 253 g/mol. The van der Waals surface area contributed by atoms with Crippen molar-refractivity contribution in [1.29, 1.82) is 0 Å². The molecular weight excluding hydrogens is 236 g/mol. The molecule has 0 unspecified atom stereocenters. The van der Waals surface area contributed by atoms with Gasteiger partial charge in [-0.3, -0.25) is 4.79 Å². The molecule has 0 N–H and O–H groups in total. The number of ketones is 1. The molecular formula is C14H17ClO2. The number of benzene rings is 1. The predicted octanol–water partition coefficient (Wildman–Crippen LogP) is 3.43. The largest absolute Gasteiger partial charge is 0.493 e. The summed E-state index contributed by atoms with van der Waals surface area (Å²) in [6, 6.07) is 3.87. The van der Waals surface area contributed by atoms with Crippen molar-refractivity contribution in [3.8, 4) is 5.75 Å². The minimum absolute atomic E-state index is 0.100. The van der Waals surface area contributed by atoms with Crippen LogP contribution in [-0.2, 0) is 17.6 Å². The summed E-state index contributed by atoms with van der Waals surface area (Å²) in [5.41, 5.74) is 2.24. The van der Waals surface area contributed by atoms with E-state index >= 15 is 0 Å². The SMILES string of the molecule is CC(C)C(=O)CCc1cc(Cl)cc2c1OCC2. The normalized spacial score (nSPS) is 13.6. The molecule has 1 aromatic carbocycles. The Bertz CT molecular complexity index is 438. The van der Waals surface area contributed by atoms with Crippen LogP contribution in [0, 0.1) is 5.92 Å². The number of hydrogen-bond acceptors (Lipinski definition) is 2. The second-order valence-corrected chi connectivity index (χ2v) is 5.21. The Morgan fingerprint density at radius 3 is 2.94 bits per heavy atom. The van der Waals surface area contributed by atoms with Crippen LogP contribution in [0.5, 0.6) is 5.75 Å². The standard InChI is InChI=1S/C14H17ClO2/c1-9(2)13(16)4-3-10-7-12(15)8-11-5-6-17-14(10)11/h7-9H,3-6H2,1-2H3. The van der Waals surface area contributed by atoms with Crippen LogP contribution in [0.2, 0.25) is 5.02 Å². The van der Waals surface area contributed by atoms with Crippen molar-refractivity contribution < 1.29 is 9.53 Å². The van der Waals surface area contributed by atoms with E-state index in [1.165, 1.54) is 5.56 Å². The number of rotatable bonds is 4. The van der Waals surface area contributed by atoms with Gasteiger partial charge in [-0.15, -0.1) is 0 Å². The van der Waals surface area contributed by atoms with E-state index in [0.717, 1.165) is 35.8 Å². The lowest BCUT2D eigenvalue weighted by Crippen LogP contribution is -2.08. The quantitative estimate of drug-likeness (QED) is 0.821. The van der Waals surface area contributed by atoms with Crippen molar-refractivity contribution in [3.05, 3.63) is 28.3 Å². The van der Waals surface area contributed by atoms with Crippen molar-refractivity contribution in [2.75, 3.05) is 6.61 Å². The minimum atomic E-state index is 0.100. The monoisotopic (exact) mass is 252 g/mol.